The average Bonchev–Trinajstić information content (AvgIpc) is 1.68. The van der Waals surface area contributed by atoms with Crippen molar-refractivity contribution in [1.82, 2.24) is 5.01 Å². The van der Waals surface area contributed by atoms with Crippen LogP contribution in [0.5, 0.6) is 0 Å². The van der Waals surface area contributed by atoms with Crippen LogP contribution in [0.1, 0.15) is 0 Å². The molecule has 3 nitrogen and oxygen atoms in total. The third kappa shape index (κ3) is 2.96. The van der Waals surface area contributed by atoms with Crippen LogP contribution in [0, 0.1) is 0 Å². The van der Waals surface area contributed by atoms with E-state index < -0.39 is 0 Å². The molecule has 0 saturated heterocycles. The fraction of sp³-hybridized carbons (Fsp3) is 0.500. The predicted molar refractivity (Wildman–Crippen MR) is 31.7 cm³/mol. The summed E-state index contributed by atoms with van der Waals surface area (Å²) in [7, 11) is 3.45. The lowest BCUT2D eigenvalue weighted by Gasteiger charge is -1.99. The van der Waals surface area contributed by atoms with Gasteiger partial charge < -0.3 is 0 Å². The molecule has 0 aromatic rings. The molecule has 0 atom stereocenters. The summed E-state index contributed by atoms with van der Waals surface area (Å²) in [6, 6.07) is 0. The van der Waals surface area contributed by atoms with E-state index in [-0.39, 0.29) is 0 Å². The van der Waals surface area contributed by atoms with Crippen LogP contribution < -0.4 is 0 Å². The predicted octanol–water partition coefficient (Wildman–Crippen LogP) is 0.192. The zero-order chi connectivity index (χ0) is 5.70. The van der Waals surface area contributed by atoms with Gasteiger partial charge in [-0.25, -0.2) is 0 Å². The molecule has 0 radical (unpaired) electrons. The first-order chi connectivity index (χ1) is 3.31. The summed E-state index contributed by atoms with van der Waals surface area (Å²) in [5.74, 6) is 0. The molecular weight excluding hydrogens is 90.1 g/mol. The van der Waals surface area contributed by atoms with E-state index >= 15 is 0 Å². The van der Waals surface area contributed by atoms with Crippen LogP contribution in [0.3, 0.4) is 0 Å². The third-order valence-corrected chi connectivity index (χ3v) is 0.506. The van der Waals surface area contributed by atoms with Crippen molar-refractivity contribution in [3.63, 3.8) is 0 Å². The van der Waals surface area contributed by atoms with Crippen molar-refractivity contribution in [2.75, 3.05) is 14.1 Å². The molecule has 0 amide bonds. The van der Waals surface area contributed by atoms with Gasteiger partial charge in [0.15, 0.2) is 0 Å². The Morgan fingerprint density at radius 3 is 2.43 bits per heavy atom. The molecule has 0 heterocycles. The van der Waals surface area contributed by atoms with Gasteiger partial charge >= 0.3 is 0 Å². The van der Waals surface area contributed by atoms with Crippen LogP contribution in [0.25, 0.3) is 0 Å². The highest BCUT2D eigenvalue weighted by Gasteiger charge is 1.73. The molecule has 0 aromatic heterocycles. The highest BCUT2D eigenvalue weighted by molar-refractivity contribution is 5.54. The Morgan fingerprint density at radius 2 is 2.29 bits per heavy atom. The Balaban J connectivity index is 3.35. The maximum absolute atomic E-state index is 3.67. The van der Waals surface area contributed by atoms with Gasteiger partial charge in [-0.15, -0.1) is 0 Å². The number of rotatable bonds is 2. The maximum atomic E-state index is 3.67. The first-order valence-corrected chi connectivity index (χ1v) is 1.93. The molecule has 0 spiro atoms. The van der Waals surface area contributed by atoms with Crippen LogP contribution in [-0.2, 0) is 0 Å². The molecular formula is C4H9N3. The second kappa shape index (κ2) is 3.33. The van der Waals surface area contributed by atoms with Crippen LogP contribution in [0.4, 0.5) is 0 Å². The van der Waals surface area contributed by atoms with Gasteiger partial charge in [0.05, 0.1) is 0 Å². The summed E-state index contributed by atoms with van der Waals surface area (Å²) in [6.45, 7) is 3.26. The summed E-state index contributed by atoms with van der Waals surface area (Å²) in [4.78, 5) is 3.67. The van der Waals surface area contributed by atoms with Crippen LogP contribution in [0.15, 0.2) is 10.1 Å². The summed E-state index contributed by atoms with van der Waals surface area (Å²) in [5, 5.41) is 5.04. The normalized spacial score (nSPS) is 9.43. The molecule has 0 aromatic carbocycles. The fourth-order valence-corrected chi connectivity index (χ4v) is 0.204. The molecule has 0 aliphatic rings. The molecule has 40 valence electrons. The van der Waals surface area contributed by atoms with Crippen molar-refractivity contribution in [3.8, 4) is 0 Å². The molecule has 0 fully saturated rings. The summed E-state index contributed by atoms with van der Waals surface area (Å²) in [6.07, 6.45) is 1.58. The Hall–Kier alpha value is -0.860. The lowest BCUT2D eigenvalue weighted by Crippen LogP contribution is -2.05. The van der Waals surface area contributed by atoms with Crippen molar-refractivity contribution in [2.24, 2.45) is 10.1 Å². The second-order valence-electron chi connectivity index (χ2n) is 1.09. The van der Waals surface area contributed by atoms with E-state index in [2.05, 4.69) is 16.8 Å². The van der Waals surface area contributed by atoms with E-state index in [1.807, 2.05) is 0 Å². The number of hydrogen-bond acceptors (Lipinski definition) is 2. The van der Waals surface area contributed by atoms with Gasteiger partial charge in [0.25, 0.3) is 0 Å². The topological polar surface area (TPSA) is 28.0 Å². The minimum Gasteiger partial charge on any atom is -0.277 e. The standard InChI is InChI=1S/C4H9N3/c1-5-4-7(3)6-2/h4H,2H2,1,3H3. The number of nitrogens with zero attached hydrogens (tertiary/aromatic N) is 3. The summed E-state index contributed by atoms with van der Waals surface area (Å²) >= 11 is 0. The fourth-order valence-electron chi connectivity index (χ4n) is 0.204. The minimum absolute atomic E-state index is 1.53. The van der Waals surface area contributed by atoms with E-state index in [4.69, 9.17) is 0 Å². The van der Waals surface area contributed by atoms with Gasteiger partial charge in [-0.1, -0.05) is 0 Å². The van der Waals surface area contributed by atoms with Crippen LogP contribution >= 0.6 is 0 Å². The van der Waals surface area contributed by atoms with Gasteiger partial charge in [-0.3, -0.25) is 10.0 Å². The minimum atomic E-state index is 1.53. The zero-order valence-electron chi connectivity index (χ0n) is 4.63. The Kier molecular flexibility index (Phi) is 2.92. The number of hydrogen-bond donors (Lipinski definition) is 0. The number of hydrazone groups is 1. The monoisotopic (exact) mass is 99.1 g/mol. The molecule has 0 unspecified atom stereocenters. The highest BCUT2D eigenvalue weighted by atomic mass is 15.4. The molecule has 0 bridgehead atoms. The Morgan fingerprint density at radius 1 is 1.71 bits per heavy atom. The van der Waals surface area contributed by atoms with Gasteiger partial charge in [0.2, 0.25) is 0 Å². The largest absolute Gasteiger partial charge is 0.277 e. The lowest BCUT2D eigenvalue weighted by molar-refractivity contribution is 0.566. The van der Waals surface area contributed by atoms with Crippen molar-refractivity contribution in [1.29, 1.82) is 0 Å². The summed E-state index contributed by atoms with van der Waals surface area (Å²) < 4.78 is 0. The average molecular weight is 99.1 g/mol. The van der Waals surface area contributed by atoms with Crippen molar-refractivity contribution in [2.45, 2.75) is 0 Å². The van der Waals surface area contributed by atoms with E-state index in [9.17, 15) is 0 Å². The highest BCUT2D eigenvalue weighted by Crippen LogP contribution is 1.69. The van der Waals surface area contributed by atoms with Crippen molar-refractivity contribution < 1.29 is 0 Å². The first kappa shape index (κ1) is 6.14. The van der Waals surface area contributed by atoms with E-state index in [1.54, 1.807) is 20.4 Å². The van der Waals surface area contributed by atoms with Gasteiger partial charge in [-0.2, -0.15) is 5.10 Å². The van der Waals surface area contributed by atoms with Gasteiger partial charge in [0, 0.05) is 20.8 Å². The smallest absolute Gasteiger partial charge is 0.105 e. The molecule has 0 rings (SSSR count). The second-order valence-corrected chi connectivity index (χ2v) is 1.09. The first-order valence-electron chi connectivity index (χ1n) is 1.93. The van der Waals surface area contributed by atoms with Crippen LogP contribution in [-0.4, -0.2) is 32.2 Å². The SMILES string of the molecule is C=NN(C)C=NC. The Bertz CT molecular complexity index is 77.0. The van der Waals surface area contributed by atoms with E-state index in [1.165, 1.54) is 5.01 Å². The van der Waals surface area contributed by atoms with Gasteiger partial charge in [-0.05, 0) is 0 Å². The molecule has 3 heteroatoms. The van der Waals surface area contributed by atoms with Crippen molar-refractivity contribution in [3.05, 3.63) is 0 Å². The zero-order valence-corrected chi connectivity index (χ0v) is 4.63. The van der Waals surface area contributed by atoms with Crippen molar-refractivity contribution >= 4 is 13.1 Å². The molecule has 0 N–H and O–H groups in total. The summed E-state index contributed by atoms with van der Waals surface area (Å²) in [5.41, 5.74) is 0. The molecule has 0 saturated carbocycles. The quantitative estimate of drug-likeness (QED) is 0.276. The van der Waals surface area contributed by atoms with Crippen LogP contribution in [0.2, 0.25) is 0 Å². The maximum Gasteiger partial charge on any atom is 0.105 e. The molecule has 7 heavy (non-hydrogen) atoms. The molecule has 0 aliphatic heterocycles. The number of aliphatic imine (C=N–C) groups is 1. The molecule has 0 aliphatic carbocycles. The third-order valence-electron chi connectivity index (χ3n) is 0.506. The van der Waals surface area contributed by atoms with E-state index in [0.717, 1.165) is 0 Å². The lowest BCUT2D eigenvalue weighted by atomic mass is 11.1. The Labute approximate surface area is 43.4 Å². The van der Waals surface area contributed by atoms with E-state index in [0.29, 0.717) is 0 Å². The van der Waals surface area contributed by atoms with Gasteiger partial charge in [0.1, 0.15) is 6.34 Å².